The van der Waals surface area contributed by atoms with E-state index in [9.17, 15) is 8.42 Å². The molecular weight excluding hydrogens is 344 g/mol. The first-order valence-electron chi connectivity index (χ1n) is 8.35. The number of pyridine rings is 1. The largest absolute Gasteiger partial charge is 0.475 e. The van der Waals surface area contributed by atoms with Crippen LogP contribution in [0.3, 0.4) is 0 Å². The average Bonchev–Trinajstić information content (AvgIpc) is 2.93. The molecule has 2 N–H and O–H groups in total. The first-order chi connectivity index (χ1) is 12.0. The topological polar surface area (TPSA) is 102 Å². The van der Waals surface area contributed by atoms with E-state index < -0.39 is 9.84 Å². The molecule has 1 aliphatic heterocycles. The normalized spacial score (nSPS) is 19.6. The molecule has 1 fully saturated rings. The molecular formula is C16H26N4O4S. The van der Waals surface area contributed by atoms with Crippen LogP contribution >= 0.6 is 0 Å². The summed E-state index contributed by atoms with van der Waals surface area (Å²) in [7, 11) is -1.31. The summed E-state index contributed by atoms with van der Waals surface area (Å²) in [5, 5.41) is 6.33. The fourth-order valence-corrected chi connectivity index (χ4v) is 4.16. The van der Waals surface area contributed by atoms with Gasteiger partial charge in [0, 0.05) is 31.5 Å². The fraction of sp³-hybridized carbons (Fsp3) is 0.625. The van der Waals surface area contributed by atoms with Crippen molar-refractivity contribution in [2.24, 2.45) is 4.99 Å². The van der Waals surface area contributed by atoms with Gasteiger partial charge in [0.25, 0.3) is 0 Å². The fourth-order valence-electron chi connectivity index (χ4n) is 2.48. The molecule has 0 aliphatic carbocycles. The van der Waals surface area contributed by atoms with Crippen molar-refractivity contribution in [3.63, 3.8) is 0 Å². The third kappa shape index (κ3) is 6.50. The van der Waals surface area contributed by atoms with Gasteiger partial charge >= 0.3 is 0 Å². The minimum atomic E-state index is -2.93. The van der Waals surface area contributed by atoms with Crippen LogP contribution in [0, 0.1) is 0 Å². The maximum atomic E-state index is 11.6. The average molecular weight is 370 g/mol. The highest BCUT2D eigenvalue weighted by molar-refractivity contribution is 7.91. The molecule has 8 nitrogen and oxygen atoms in total. The van der Waals surface area contributed by atoms with Gasteiger partial charge < -0.3 is 20.1 Å². The van der Waals surface area contributed by atoms with Gasteiger partial charge in [0.2, 0.25) is 5.88 Å². The zero-order valence-electron chi connectivity index (χ0n) is 14.7. The standard InChI is InChI=1S/C16H26N4O4S/c1-3-17-16(20-14-6-10-25(21,22)12-14)19-11-13-5-4-7-18-15(13)24-9-8-23-2/h4-5,7,14H,3,6,8-12H2,1-2H3,(H2,17,19,20). The van der Waals surface area contributed by atoms with Gasteiger partial charge in [0.05, 0.1) is 24.7 Å². The van der Waals surface area contributed by atoms with Crippen LogP contribution in [0.25, 0.3) is 0 Å². The van der Waals surface area contributed by atoms with Gasteiger partial charge in [-0.3, -0.25) is 0 Å². The van der Waals surface area contributed by atoms with Crippen molar-refractivity contribution in [2.45, 2.75) is 25.9 Å². The number of methoxy groups -OCH3 is 1. The Balaban J connectivity index is 2.01. The molecule has 0 saturated carbocycles. The van der Waals surface area contributed by atoms with Crippen molar-refractivity contribution in [2.75, 3.05) is 38.4 Å². The molecule has 1 unspecified atom stereocenters. The van der Waals surface area contributed by atoms with E-state index in [2.05, 4.69) is 20.6 Å². The van der Waals surface area contributed by atoms with Gasteiger partial charge in [-0.25, -0.2) is 18.4 Å². The molecule has 0 bridgehead atoms. The van der Waals surface area contributed by atoms with Gasteiger partial charge in [-0.2, -0.15) is 0 Å². The summed E-state index contributed by atoms with van der Waals surface area (Å²) in [6, 6.07) is 3.63. The summed E-state index contributed by atoms with van der Waals surface area (Å²) in [6.45, 7) is 3.94. The smallest absolute Gasteiger partial charge is 0.218 e. The summed E-state index contributed by atoms with van der Waals surface area (Å²) in [5.41, 5.74) is 0.856. The Morgan fingerprint density at radius 1 is 1.44 bits per heavy atom. The summed E-state index contributed by atoms with van der Waals surface area (Å²) >= 11 is 0. The van der Waals surface area contributed by atoms with E-state index in [0.29, 0.717) is 44.6 Å². The highest BCUT2D eigenvalue weighted by Crippen LogP contribution is 2.15. The maximum absolute atomic E-state index is 11.6. The van der Waals surface area contributed by atoms with E-state index in [4.69, 9.17) is 9.47 Å². The Bertz CT molecular complexity index is 678. The van der Waals surface area contributed by atoms with Crippen LogP contribution in [-0.2, 0) is 21.1 Å². The molecule has 1 aromatic heterocycles. The van der Waals surface area contributed by atoms with E-state index in [1.165, 1.54) is 0 Å². The number of nitrogens with zero attached hydrogens (tertiary/aromatic N) is 2. The molecule has 1 saturated heterocycles. The Kier molecular flexibility index (Phi) is 7.45. The van der Waals surface area contributed by atoms with Crippen LogP contribution in [0.15, 0.2) is 23.3 Å². The second-order valence-corrected chi connectivity index (χ2v) is 7.98. The highest BCUT2D eigenvalue weighted by Gasteiger charge is 2.28. The van der Waals surface area contributed by atoms with Crippen LogP contribution < -0.4 is 15.4 Å². The van der Waals surface area contributed by atoms with Crippen LogP contribution in [-0.4, -0.2) is 63.8 Å². The van der Waals surface area contributed by atoms with Crippen LogP contribution in [0.5, 0.6) is 5.88 Å². The minimum absolute atomic E-state index is 0.103. The van der Waals surface area contributed by atoms with Crippen molar-refractivity contribution >= 4 is 15.8 Å². The molecule has 140 valence electrons. The Morgan fingerprint density at radius 3 is 2.96 bits per heavy atom. The SMILES string of the molecule is CCNC(=NCc1cccnc1OCCOC)NC1CCS(=O)(=O)C1. The first-order valence-corrected chi connectivity index (χ1v) is 10.2. The monoisotopic (exact) mass is 370 g/mol. The quantitative estimate of drug-likeness (QED) is 0.387. The van der Waals surface area contributed by atoms with Gasteiger partial charge in [-0.15, -0.1) is 0 Å². The molecule has 1 atom stereocenters. The zero-order chi connectivity index (χ0) is 18.1. The second kappa shape index (κ2) is 9.57. The van der Waals surface area contributed by atoms with Crippen molar-refractivity contribution in [1.29, 1.82) is 0 Å². The molecule has 0 aromatic carbocycles. The van der Waals surface area contributed by atoms with Crippen molar-refractivity contribution in [3.8, 4) is 5.88 Å². The van der Waals surface area contributed by atoms with E-state index in [-0.39, 0.29) is 17.5 Å². The van der Waals surface area contributed by atoms with Crippen LogP contribution in [0.2, 0.25) is 0 Å². The Morgan fingerprint density at radius 2 is 2.28 bits per heavy atom. The number of hydrogen-bond donors (Lipinski definition) is 2. The summed E-state index contributed by atoms with van der Waals surface area (Å²) in [4.78, 5) is 8.76. The van der Waals surface area contributed by atoms with E-state index in [0.717, 1.165) is 5.56 Å². The first kappa shape index (κ1) is 19.5. The lowest BCUT2D eigenvalue weighted by molar-refractivity contribution is 0.143. The van der Waals surface area contributed by atoms with Crippen LogP contribution in [0.1, 0.15) is 18.9 Å². The van der Waals surface area contributed by atoms with Crippen molar-refractivity contribution in [1.82, 2.24) is 15.6 Å². The number of hydrogen-bond acceptors (Lipinski definition) is 6. The third-order valence-corrected chi connectivity index (χ3v) is 5.47. The molecule has 0 amide bonds. The van der Waals surface area contributed by atoms with Gasteiger partial charge in [0.1, 0.15) is 6.61 Å². The third-order valence-electron chi connectivity index (χ3n) is 3.70. The molecule has 2 heterocycles. The molecule has 9 heteroatoms. The van der Waals surface area contributed by atoms with Gasteiger partial charge in [0.15, 0.2) is 15.8 Å². The summed E-state index contributed by atoms with van der Waals surface area (Å²) in [5.74, 6) is 1.50. The zero-order valence-corrected chi connectivity index (χ0v) is 15.5. The lowest BCUT2D eigenvalue weighted by atomic mass is 10.2. The lowest BCUT2D eigenvalue weighted by Gasteiger charge is -2.16. The number of aromatic nitrogens is 1. The number of nitrogens with one attached hydrogen (secondary N) is 2. The molecule has 0 radical (unpaired) electrons. The number of aliphatic imine (C=N–C) groups is 1. The summed E-state index contributed by atoms with van der Waals surface area (Å²) < 4.78 is 33.8. The summed E-state index contributed by atoms with van der Waals surface area (Å²) in [6.07, 6.45) is 2.27. The number of ether oxygens (including phenoxy) is 2. The minimum Gasteiger partial charge on any atom is -0.475 e. The number of sulfone groups is 1. The molecule has 1 aliphatic rings. The van der Waals surface area contributed by atoms with Crippen molar-refractivity contribution < 1.29 is 17.9 Å². The van der Waals surface area contributed by atoms with E-state index >= 15 is 0 Å². The molecule has 25 heavy (non-hydrogen) atoms. The Labute approximate surface area is 149 Å². The maximum Gasteiger partial charge on any atom is 0.218 e. The molecule has 0 spiro atoms. The van der Waals surface area contributed by atoms with Crippen LogP contribution in [0.4, 0.5) is 0 Å². The Hall–Kier alpha value is -1.87. The number of rotatable bonds is 8. The molecule has 1 aromatic rings. The predicted molar refractivity (Wildman–Crippen MR) is 96.6 cm³/mol. The van der Waals surface area contributed by atoms with Gasteiger partial charge in [-0.05, 0) is 19.4 Å². The van der Waals surface area contributed by atoms with E-state index in [1.54, 1.807) is 13.3 Å². The van der Waals surface area contributed by atoms with E-state index in [1.807, 2.05) is 19.1 Å². The van der Waals surface area contributed by atoms with Crippen molar-refractivity contribution in [3.05, 3.63) is 23.9 Å². The van der Waals surface area contributed by atoms with Gasteiger partial charge in [-0.1, -0.05) is 6.07 Å². The number of guanidine groups is 1. The second-order valence-electron chi connectivity index (χ2n) is 5.75. The predicted octanol–water partition coefficient (Wildman–Crippen LogP) is 0.349. The lowest BCUT2D eigenvalue weighted by Crippen LogP contribution is -2.44. The molecule has 2 rings (SSSR count). The highest BCUT2D eigenvalue weighted by atomic mass is 32.2.